The van der Waals surface area contributed by atoms with E-state index in [4.69, 9.17) is 10.7 Å². The van der Waals surface area contributed by atoms with Gasteiger partial charge in [0.25, 0.3) is 11.8 Å². The van der Waals surface area contributed by atoms with Crippen LogP contribution in [0.3, 0.4) is 0 Å². The highest BCUT2D eigenvalue weighted by Crippen LogP contribution is 2.38. The normalized spacial score (nSPS) is 15.0. The maximum Gasteiger partial charge on any atom is 0.275 e. The predicted molar refractivity (Wildman–Crippen MR) is 207 cm³/mol. The molecule has 0 radical (unpaired) electrons. The molecule has 0 aliphatic rings. The Morgan fingerprint density at radius 1 is 0.980 bits per heavy atom. The lowest BCUT2D eigenvalue weighted by Gasteiger charge is -2.35. The molecule has 0 aromatic carbocycles. The highest BCUT2D eigenvalue weighted by atomic mass is 32.1. The summed E-state index contributed by atoms with van der Waals surface area (Å²) in [4.78, 5) is 48.4. The molecule has 0 bridgehead atoms. The molecule has 0 fully saturated rings. The summed E-state index contributed by atoms with van der Waals surface area (Å²) in [5.74, 6) is -0.0607. The summed E-state index contributed by atoms with van der Waals surface area (Å²) < 4.78 is 0. The number of rotatable bonds is 21. The smallest absolute Gasteiger partial charge is 0.275 e. The number of aldehydes is 1. The number of amides is 2. The summed E-state index contributed by atoms with van der Waals surface area (Å²) in [5.41, 5.74) is 5.33. The summed E-state index contributed by atoms with van der Waals surface area (Å²) in [7, 11) is 6.17. The van der Waals surface area contributed by atoms with E-state index in [-0.39, 0.29) is 28.7 Å². The van der Waals surface area contributed by atoms with E-state index in [1.54, 1.807) is 20.2 Å². The average Bonchev–Trinajstić information content (AvgIpc) is 3.53. The minimum absolute atomic E-state index is 0.0731. The molecule has 12 heteroatoms. The number of hydrogen-bond donors (Lipinski definition) is 3. The van der Waals surface area contributed by atoms with Crippen molar-refractivity contribution in [1.29, 1.82) is 5.26 Å². The number of likely N-dealkylation sites (N-methyl/N-ethyl adjacent to an activating group) is 4. The van der Waals surface area contributed by atoms with Crippen LogP contribution in [0.4, 0.5) is 5.13 Å². The van der Waals surface area contributed by atoms with Crippen molar-refractivity contribution in [3.8, 4) is 6.07 Å². The van der Waals surface area contributed by atoms with E-state index < -0.39 is 17.5 Å². The zero-order valence-corrected chi connectivity index (χ0v) is 33.9. The number of nitrogens with one attached hydrogen (secondary N) is 2. The Hall–Kier alpha value is -3.11. The van der Waals surface area contributed by atoms with Gasteiger partial charge in [-0.25, -0.2) is 4.98 Å². The lowest BCUT2D eigenvalue weighted by Crippen LogP contribution is -2.63. The van der Waals surface area contributed by atoms with E-state index in [9.17, 15) is 19.6 Å². The summed E-state index contributed by atoms with van der Waals surface area (Å²) in [6.45, 7) is 18.7. The zero-order valence-electron chi connectivity index (χ0n) is 33.0. The standard InChI is InChI=1S/C38H66N8O3S/c1-13-17-19-27(15-3)24-46(25-28(16-4)20-18-14-2)36-43-33(37(5,6)7)32(50-36)21-30(31(23-41-9)29(22-39)26-47)34(48)44(11)45(12)35(49)38(8,40)42-10/h21,26-28,41-42H,13-20,23-25,40H2,1-12H3/b30-21-,31-29-. The molecule has 50 heavy (non-hydrogen) atoms. The molecule has 1 rings (SSSR count). The van der Waals surface area contributed by atoms with Gasteiger partial charge >= 0.3 is 0 Å². The predicted octanol–water partition coefficient (Wildman–Crippen LogP) is 6.03. The van der Waals surface area contributed by atoms with Gasteiger partial charge in [0.15, 0.2) is 11.4 Å². The largest absolute Gasteiger partial charge is 0.348 e. The molecular weight excluding hydrogens is 649 g/mol. The van der Waals surface area contributed by atoms with Gasteiger partial charge in [-0.05, 0) is 57.3 Å². The fourth-order valence-corrected chi connectivity index (χ4v) is 6.99. The number of carbonyl (C=O) groups is 3. The Balaban J connectivity index is 4.10. The molecule has 0 saturated carbocycles. The first-order chi connectivity index (χ1) is 23.5. The van der Waals surface area contributed by atoms with Gasteiger partial charge in [-0.15, -0.1) is 0 Å². The Morgan fingerprint density at radius 2 is 1.52 bits per heavy atom. The topological polar surface area (TPSA) is 148 Å². The quantitative estimate of drug-likeness (QED) is 0.0347. The molecule has 11 nitrogen and oxygen atoms in total. The molecule has 1 heterocycles. The van der Waals surface area contributed by atoms with Gasteiger partial charge in [-0.2, -0.15) is 5.26 Å². The average molecular weight is 715 g/mol. The summed E-state index contributed by atoms with van der Waals surface area (Å²) >= 11 is 1.53. The maximum absolute atomic E-state index is 14.4. The highest BCUT2D eigenvalue weighted by molar-refractivity contribution is 7.16. The van der Waals surface area contributed by atoms with E-state index in [0.29, 0.717) is 18.1 Å². The number of aromatic nitrogens is 1. The summed E-state index contributed by atoms with van der Waals surface area (Å²) in [6, 6.07) is 1.97. The van der Waals surface area contributed by atoms with Crippen LogP contribution in [0.15, 0.2) is 16.7 Å². The van der Waals surface area contributed by atoms with Gasteiger partial charge in [0.1, 0.15) is 11.7 Å². The first kappa shape index (κ1) is 44.9. The number of nitrogens with two attached hydrogens (primary N) is 1. The monoisotopic (exact) mass is 714 g/mol. The molecular formula is C38H66N8O3S. The van der Waals surface area contributed by atoms with Crippen LogP contribution in [-0.2, 0) is 19.8 Å². The first-order valence-electron chi connectivity index (χ1n) is 18.3. The Labute approximate surface area is 306 Å². The van der Waals surface area contributed by atoms with Crippen LogP contribution in [0.1, 0.15) is 117 Å². The van der Waals surface area contributed by atoms with Crippen LogP contribution in [0.5, 0.6) is 0 Å². The number of allylic oxidation sites excluding steroid dienone is 1. The Kier molecular flexibility index (Phi) is 19.1. The van der Waals surface area contributed by atoms with Gasteiger partial charge in [-0.3, -0.25) is 29.7 Å². The van der Waals surface area contributed by atoms with Gasteiger partial charge in [0.05, 0.1) is 16.1 Å². The van der Waals surface area contributed by atoms with Crippen LogP contribution < -0.4 is 21.3 Å². The molecule has 0 aliphatic heterocycles. The molecule has 2 amide bonds. The lowest BCUT2D eigenvalue weighted by molar-refractivity contribution is -0.159. The van der Waals surface area contributed by atoms with E-state index in [1.165, 1.54) is 45.2 Å². The minimum atomic E-state index is -1.44. The van der Waals surface area contributed by atoms with Crippen LogP contribution in [0.25, 0.3) is 6.08 Å². The van der Waals surface area contributed by atoms with Crippen molar-refractivity contribution >= 4 is 40.6 Å². The number of carbonyl (C=O) groups excluding carboxylic acids is 3. The van der Waals surface area contributed by atoms with Crippen molar-refractivity contribution in [2.75, 3.05) is 52.7 Å². The van der Waals surface area contributed by atoms with Crippen LogP contribution in [-0.4, -0.2) is 86.6 Å². The Morgan fingerprint density at radius 3 is 1.92 bits per heavy atom. The number of hydrazine groups is 1. The van der Waals surface area contributed by atoms with Crippen molar-refractivity contribution < 1.29 is 14.4 Å². The third-order valence-electron chi connectivity index (χ3n) is 9.42. The lowest BCUT2D eigenvalue weighted by atomic mass is 9.90. The van der Waals surface area contributed by atoms with Gasteiger partial charge < -0.3 is 16.0 Å². The second kappa shape index (κ2) is 21.3. The number of thiazole rings is 1. The highest BCUT2D eigenvalue weighted by Gasteiger charge is 2.35. The zero-order chi connectivity index (χ0) is 38.2. The van der Waals surface area contributed by atoms with E-state index >= 15 is 0 Å². The Bertz CT molecular complexity index is 1340. The molecule has 0 spiro atoms. The fraction of sp³-hybridized carbons (Fsp3) is 0.711. The fourth-order valence-electron chi connectivity index (χ4n) is 5.76. The van der Waals surface area contributed by atoms with Crippen LogP contribution in [0, 0.1) is 23.2 Å². The molecule has 1 aromatic heterocycles. The maximum atomic E-state index is 14.4. The summed E-state index contributed by atoms with van der Waals surface area (Å²) in [6.07, 6.45) is 11.4. The third-order valence-corrected chi connectivity index (χ3v) is 10.5. The second-order valence-electron chi connectivity index (χ2n) is 14.5. The third kappa shape index (κ3) is 12.6. The van der Waals surface area contributed by atoms with Crippen molar-refractivity contribution in [2.45, 2.75) is 118 Å². The molecule has 1 aromatic rings. The first-order valence-corrected chi connectivity index (χ1v) is 19.1. The number of nitrogens with zero attached hydrogens (tertiary/aromatic N) is 5. The number of anilines is 1. The second-order valence-corrected chi connectivity index (χ2v) is 15.5. The van der Waals surface area contributed by atoms with Crippen molar-refractivity contribution in [3.63, 3.8) is 0 Å². The van der Waals surface area contributed by atoms with Gasteiger partial charge in [-0.1, -0.05) is 98.3 Å². The molecule has 4 N–H and O–H groups in total. The van der Waals surface area contributed by atoms with Crippen LogP contribution >= 0.6 is 11.3 Å². The minimum Gasteiger partial charge on any atom is -0.348 e. The van der Waals surface area contributed by atoms with E-state index in [0.717, 1.165) is 77.3 Å². The molecule has 3 unspecified atom stereocenters. The molecule has 3 atom stereocenters. The van der Waals surface area contributed by atoms with E-state index in [2.05, 4.69) is 64.0 Å². The summed E-state index contributed by atoms with van der Waals surface area (Å²) in [5, 5.41) is 19.0. The number of nitriles is 1. The SMILES string of the molecule is CCCCC(CC)CN(CC(CC)CCCC)c1nc(C(C)(C)C)c(/C=C(C(=O)N(C)N(C)C(=O)C(C)(N)NC)/C(CNC)=C(/C#N)C=O)s1. The van der Waals surface area contributed by atoms with Gasteiger partial charge in [0.2, 0.25) is 0 Å². The van der Waals surface area contributed by atoms with Gasteiger partial charge in [0, 0.05) is 44.7 Å². The van der Waals surface area contributed by atoms with E-state index in [1.807, 2.05) is 6.07 Å². The molecule has 0 aliphatic carbocycles. The van der Waals surface area contributed by atoms with Crippen molar-refractivity contribution in [1.82, 2.24) is 25.6 Å². The van der Waals surface area contributed by atoms with Crippen molar-refractivity contribution in [3.05, 3.63) is 27.3 Å². The molecule has 0 saturated heterocycles. The van der Waals surface area contributed by atoms with Crippen LogP contribution in [0.2, 0.25) is 0 Å². The molecule has 282 valence electrons. The number of hydrogen-bond acceptors (Lipinski definition) is 10. The van der Waals surface area contributed by atoms with Crippen molar-refractivity contribution in [2.24, 2.45) is 17.6 Å². The number of unbranched alkanes of at least 4 members (excludes halogenated alkanes) is 2.